The van der Waals surface area contributed by atoms with Crippen molar-refractivity contribution in [1.29, 1.82) is 0 Å². The van der Waals surface area contributed by atoms with E-state index in [9.17, 15) is 9.59 Å². The molecule has 0 spiro atoms. The molecule has 0 heterocycles. The summed E-state index contributed by atoms with van der Waals surface area (Å²) in [5, 5.41) is 0. The number of halogens is 1. The number of ether oxygens (including phenoxy) is 2. The molecule has 0 aromatic carbocycles. The Balaban J connectivity index is 3.51. The van der Waals surface area contributed by atoms with Gasteiger partial charge in [0.2, 0.25) is 0 Å². The van der Waals surface area contributed by atoms with Crippen LogP contribution in [0.15, 0.2) is 12.2 Å². The molecule has 0 saturated heterocycles. The van der Waals surface area contributed by atoms with Crippen LogP contribution < -0.4 is 0 Å². The zero-order chi connectivity index (χ0) is 17.3. The summed E-state index contributed by atoms with van der Waals surface area (Å²) in [6.45, 7) is 5.03. The van der Waals surface area contributed by atoms with Gasteiger partial charge in [0.05, 0.1) is 13.2 Å². The maximum Gasteiger partial charge on any atom is 0.331 e. The number of hydrogen-bond acceptors (Lipinski definition) is 4. The lowest BCUT2D eigenvalue weighted by Gasteiger charge is -2.04. The van der Waals surface area contributed by atoms with Crippen LogP contribution in [0.2, 0.25) is 0 Å². The predicted octanol–water partition coefficient (Wildman–Crippen LogP) is 4.64. The standard InChI is InChI=1S/C18H31ClO4/c1-16(2)10-9-15-23-18(21)12-11-17(20)22-14-8-6-4-3-5-7-13-19/h11-12,16H,3-10,13-15H2,1-2H3/b12-11+. The molecule has 0 aliphatic rings. The number of esters is 2. The fourth-order valence-electron chi connectivity index (χ4n) is 1.97. The van der Waals surface area contributed by atoms with E-state index in [1.165, 1.54) is 6.42 Å². The fourth-order valence-corrected chi connectivity index (χ4v) is 2.16. The molecule has 0 fully saturated rings. The summed E-state index contributed by atoms with van der Waals surface area (Å²) in [6, 6.07) is 0. The van der Waals surface area contributed by atoms with Gasteiger partial charge in [0, 0.05) is 18.0 Å². The molecule has 0 N–H and O–H groups in total. The Morgan fingerprint density at radius 3 is 1.83 bits per heavy atom. The summed E-state index contributed by atoms with van der Waals surface area (Å²) in [4.78, 5) is 22.8. The first-order chi connectivity index (χ1) is 11.1. The zero-order valence-electron chi connectivity index (χ0n) is 14.5. The van der Waals surface area contributed by atoms with Crippen LogP contribution in [0.3, 0.4) is 0 Å². The molecule has 0 amide bonds. The molecule has 4 nitrogen and oxygen atoms in total. The highest BCUT2D eigenvalue weighted by molar-refractivity contribution is 6.17. The van der Waals surface area contributed by atoms with E-state index < -0.39 is 11.9 Å². The van der Waals surface area contributed by atoms with E-state index in [2.05, 4.69) is 13.8 Å². The molecule has 0 aliphatic carbocycles. The van der Waals surface area contributed by atoms with Gasteiger partial charge in [0.15, 0.2) is 0 Å². The summed E-state index contributed by atoms with van der Waals surface area (Å²) < 4.78 is 10.0. The summed E-state index contributed by atoms with van der Waals surface area (Å²) in [7, 11) is 0. The molecule has 134 valence electrons. The predicted molar refractivity (Wildman–Crippen MR) is 93.6 cm³/mol. The SMILES string of the molecule is CC(C)CCCOC(=O)/C=C/C(=O)OCCCCCCCCCl. The van der Waals surface area contributed by atoms with Crippen LogP contribution in [0.4, 0.5) is 0 Å². The molecule has 0 rings (SSSR count). The van der Waals surface area contributed by atoms with Gasteiger partial charge in [0.25, 0.3) is 0 Å². The molecular formula is C18H31ClO4. The monoisotopic (exact) mass is 346 g/mol. The molecule has 23 heavy (non-hydrogen) atoms. The van der Waals surface area contributed by atoms with Crippen LogP contribution in [0.25, 0.3) is 0 Å². The Morgan fingerprint density at radius 1 is 0.826 bits per heavy atom. The third-order valence-corrected chi connectivity index (χ3v) is 3.57. The average molecular weight is 347 g/mol. The minimum absolute atomic E-state index is 0.389. The first-order valence-electron chi connectivity index (χ1n) is 8.63. The minimum atomic E-state index is -0.495. The Hall–Kier alpha value is -1.03. The number of rotatable bonds is 14. The van der Waals surface area contributed by atoms with E-state index >= 15 is 0 Å². The Labute approximate surface area is 145 Å². The van der Waals surface area contributed by atoms with Crippen molar-refractivity contribution in [3.05, 3.63) is 12.2 Å². The van der Waals surface area contributed by atoms with Crippen LogP contribution in [0.1, 0.15) is 65.2 Å². The number of carbonyl (C=O) groups excluding carboxylic acids is 2. The number of carbonyl (C=O) groups is 2. The Kier molecular flexibility index (Phi) is 15.1. The lowest BCUT2D eigenvalue weighted by molar-refractivity contribution is -0.140. The van der Waals surface area contributed by atoms with Gasteiger partial charge in [-0.25, -0.2) is 9.59 Å². The van der Waals surface area contributed by atoms with E-state index in [1.54, 1.807) is 0 Å². The van der Waals surface area contributed by atoms with Gasteiger partial charge in [-0.1, -0.05) is 39.5 Å². The summed E-state index contributed by atoms with van der Waals surface area (Å²) in [5.41, 5.74) is 0. The van der Waals surface area contributed by atoms with Crippen LogP contribution in [-0.2, 0) is 19.1 Å². The van der Waals surface area contributed by atoms with E-state index in [-0.39, 0.29) is 0 Å². The second kappa shape index (κ2) is 15.9. The molecule has 0 aromatic rings. The summed E-state index contributed by atoms with van der Waals surface area (Å²) in [5.74, 6) is 0.334. The van der Waals surface area contributed by atoms with Gasteiger partial charge in [-0.2, -0.15) is 0 Å². The lowest BCUT2D eigenvalue weighted by Crippen LogP contribution is -2.06. The molecule has 0 saturated carbocycles. The quantitative estimate of drug-likeness (QED) is 0.199. The molecule has 0 radical (unpaired) electrons. The van der Waals surface area contributed by atoms with Gasteiger partial charge >= 0.3 is 11.9 Å². The van der Waals surface area contributed by atoms with Crippen molar-refractivity contribution in [3.8, 4) is 0 Å². The smallest absolute Gasteiger partial charge is 0.331 e. The highest BCUT2D eigenvalue weighted by atomic mass is 35.5. The van der Waals surface area contributed by atoms with Crippen LogP contribution in [0, 0.1) is 5.92 Å². The largest absolute Gasteiger partial charge is 0.463 e. The lowest BCUT2D eigenvalue weighted by atomic mass is 10.1. The van der Waals surface area contributed by atoms with Crippen LogP contribution >= 0.6 is 11.6 Å². The van der Waals surface area contributed by atoms with Crippen LogP contribution in [0.5, 0.6) is 0 Å². The molecule has 0 atom stereocenters. The molecule has 0 aromatic heterocycles. The van der Waals surface area contributed by atoms with Crippen molar-refractivity contribution in [2.45, 2.75) is 65.2 Å². The van der Waals surface area contributed by atoms with E-state index in [0.717, 1.165) is 63.0 Å². The first kappa shape index (κ1) is 22.0. The number of hydrogen-bond donors (Lipinski definition) is 0. The number of alkyl halides is 1. The van der Waals surface area contributed by atoms with Gasteiger partial charge in [-0.15, -0.1) is 11.6 Å². The molecule has 0 bridgehead atoms. The molecule has 5 heteroatoms. The van der Waals surface area contributed by atoms with Gasteiger partial charge in [0.1, 0.15) is 0 Å². The van der Waals surface area contributed by atoms with Crippen molar-refractivity contribution in [2.75, 3.05) is 19.1 Å². The van der Waals surface area contributed by atoms with Gasteiger partial charge < -0.3 is 9.47 Å². The molecule has 0 aliphatic heterocycles. The fraction of sp³-hybridized carbons (Fsp3) is 0.778. The van der Waals surface area contributed by atoms with Crippen molar-refractivity contribution >= 4 is 23.5 Å². The molecular weight excluding hydrogens is 316 g/mol. The Morgan fingerprint density at radius 2 is 1.30 bits per heavy atom. The van der Waals surface area contributed by atoms with Crippen molar-refractivity contribution in [2.24, 2.45) is 5.92 Å². The van der Waals surface area contributed by atoms with Crippen molar-refractivity contribution < 1.29 is 19.1 Å². The highest BCUT2D eigenvalue weighted by Crippen LogP contribution is 2.06. The van der Waals surface area contributed by atoms with Crippen molar-refractivity contribution in [1.82, 2.24) is 0 Å². The molecule has 0 unspecified atom stereocenters. The number of unbranched alkanes of at least 4 members (excludes halogenated alkanes) is 5. The highest BCUT2D eigenvalue weighted by Gasteiger charge is 2.02. The van der Waals surface area contributed by atoms with E-state index in [1.807, 2.05) is 0 Å². The van der Waals surface area contributed by atoms with Crippen molar-refractivity contribution in [3.63, 3.8) is 0 Å². The normalized spacial score (nSPS) is 11.1. The third-order valence-electron chi connectivity index (χ3n) is 3.30. The second-order valence-electron chi connectivity index (χ2n) is 6.01. The van der Waals surface area contributed by atoms with Gasteiger partial charge in [-0.05, 0) is 31.6 Å². The maximum absolute atomic E-state index is 11.4. The second-order valence-corrected chi connectivity index (χ2v) is 6.39. The summed E-state index contributed by atoms with van der Waals surface area (Å²) in [6.07, 6.45) is 10.5. The minimum Gasteiger partial charge on any atom is -0.463 e. The van der Waals surface area contributed by atoms with E-state index in [0.29, 0.717) is 19.1 Å². The maximum atomic E-state index is 11.4. The van der Waals surface area contributed by atoms with E-state index in [4.69, 9.17) is 21.1 Å². The topological polar surface area (TPSA) is 52.6 Å². The van der Waals surface area contributed by atoms with Gasteiger partial charge in [-0.3, -0.25) is 0 Å². The Bertz CT molecular complexity index is 340. The average Bonchev–Trinajstić information content (AvgIpc) is 2.52. The van der Waals surface area contributed by atoms with Crippen LogP contribution in [-0.4, -0.2) is 31.0 Å². The first-order valence-corrected chi connectivity index (χ1v) is 9.17. The summed E-state index contributed by atoms with van der Waals surface area (Å²) >= 11 is 5.60. The zero-order valence-corrected chi connectivity index (χ0v) is 15.3. The third kappa shape index (κ3) is 17.2.